The average molecular weight is 310 g/mol. The average Bonchev–Trinajstić information content (AvgIpc) is 3.05. The first-order valence-electron chi connectivity index (χ1n) is 7.85. The van der Waals surface area contributed by atoms with Crippen LogP contribution in [0.25, 0.3) is 5.65 Å². The van der Waals surface area contributed by atoms with Crippen LogP contribution in [-0.2, 0) is 6.54 Å². The molecule has 0 unspecified atom stereocenters. The molecular weight excluding hydrogens is 292 g/mol. The number of aromatic nitrogens is 5. The lowest BCUT2D eigenvalue weighted by molar-refractivity contribution is 0.350. The maximum absolute atomic E-state index is 11.8. The molecule has 0 aliphatic carbocycles. The van der Waals surface area contributed by atoms with Crippen molar-refractivity contribution >= 4 is 11.5 Å². The van der Waals surface area contributed by atoms with E-state index in [-0.39, 0.29) is 5.56 Å². The summed E-state index contributed by atoms with van der Waals surface area (Å²) < 4.78 is 3.51. The van der Waals surface area contributed by atoms with Gasteiger partial charge in [-0.2, -0.15) is 0 Å². The number of hydrogen-bond donors (Lipinski definition) is 0. The van der Waals surface area contributed by atoms with Gasteiger partial charge in [0.15, 0.2) is 5.65 Å². The monoisotopic (exact) mass is 310 g/mol. The number of nitrogens with zero attached hydrogens (tertiary/aromatic N) is 6. The first-order chi connectivity index (χ1) is 11.3. The summed E-state index contributed by atoms with van der Waals surface area (Å²) in [7, 11) is 0. The van der Waals surface area contributed by atoms with Gasteiger partial charge in [0.25, 0.3) is 5.56 Å². The zero-order chi connectivity index (χ0) is 15.6. The molecule has 0 N–H and O–H groups in total. The summed E-state index contributed by atoms with van der Waals surface area (Å²) in [4.78, 5) is 22.3. The third-order valence-corrected chi connectivity index (χ3v) is 4.43. The fraction of sp³-hybridized carbons (Fsp3) is 0.375. The second-order valence-corrected chi connectivity index (χ2v) is 5.92. The van der Waals surface area contributed by atoms with E-state index >= 15 is 0 Å². The van der Waals surface area contributed by atoms with Crippen molar-refractivity contribution in [3.8, 4) is 0 Å². The van der Waals surface area contributed by atoms with Crippen LogP contribution >= 0.6 is 0 Å². The Bertz CT molecular complexity index is 862. The van der Waals surface area contributed by atoms with Gasteiger partial charge in [0, 0.05) is 44.3 Å². The normalized spacial score (nSPS) is 16.1. The van der Waals surface area contributed by atoms with Crippen molar-refractivity contribution in [1.29, 1.82) is 0 Å². The van der Waals surface area contributed by atoms with E-state index < -0.39 is 0 Å². The molecule has 118 valence electrons. The third kappa shape index (κ3) is 2.81. The predicted molar refractivity (Wildman–Crippen MR) is 86.4 cm³/mol. The highest BCUT2D eigenvalue weighted by Gasteiger charge is 2.21. The van der Waals surface area contributed by atoms with Crippen molar-refractivity contribution in [3.05, 3.63) is 53.5 Å². The van der Waals surface area contributed by atoms with Crippen molar-refractivity contribution in [3.63, 3.8) is 0 Å². The van der Waals surface area contributed by atoms with Crippen LogP contribution in [0.2, 0.25) is 0 Å². The molecule has 3 aromatic heterocycles. The predicted octanol–water partition coefficient (Wildman–Crippen LogP) is 1.20. The van der Waals surface area contributed by atoms with Crippen LogP contribution in [0.15, 0.2) is 47.9 Å². The Morgan fingerprint density at radius 1 is 1.13 bits per heavy atom. The second-order valence-electron chi connectivity index (χ2n) is 5.92. The van der Waals surface area contributed by atoms with Gasteiger partial charge in [0.05, 0.1) is 6.33 Å². The number of piperidine rings is 1. The SMILES string of the molecule is O=c1ccncn1CC1CCN(c2ccc3nccn3n2)CC1. The maximum atomic E-state index is 11.8. The van der Waals surface area contributed by atoms with Crippen LogP contribution < -0.4 is 10.5 Å². The fourth-order valence-electron chi connectivity index (χ4n) is 3.11. The molecule has 0 radical (unpaired) electrons. The highest BCUT2D eigenvalue weighted by Crippen LogP contribution is 2.22. The largest absolute Gasteiger partial charge is 0.355 e. The minimum atomic E-state index is 0.0228. The van der Waals surface area contributed by atoms with Crippen LogP contribution in [0.1, 0.15) is 12.8 Å². The molecule has 23 heavy (non-hydrogen) atoms. The zero-order valence-electron chi connectivity index (χ0n) is 12.7. The smallest absolute Gasteiger partial charge is 0.253 e. The van der Waals surface area contributed by atoms with E-state index in [1.807, 2.05) is 18.3 Å². The van der Waals surface area contributed by atoms with Gasteiger partial charge in [-0.25, -0.2) is 14.5 Å². The highest BCUT2D eigenvalue weighted by atomic mass is 16.1. The molecule has 0 spiro atoms. The maximum Gasteiger partial charge on any atom is 0.253 e. The van der Waals surface area contributed by atoms with Crippen LogP contribution in [-0.4, -0.2) is 37.2 Å². The molecule has 1 fully saturated rings. The Hall–Kier alpha value is -2.70. The third-order valence-electron chi connectivity index (χ3n) is 4.43. The van der Waals surface area contributed by atoms with Crippen molar-refractivity contribution in [1.82, 2.24) is 24.1 Å². The molecular formula is C16H18N6O. The van der Waals surface area contributed by atoms with Crippen molar-refractivity contribution < 1.29 is 0 Å². The van der Waals surface area contributed by atoms with E-state index in [1.54, 1.807) is 27.8 Å². The van der Waals surface area contributed by atoms with Gasteiger partial charge in [-0.05, 0) is 30.9 Å². The molecule has 0 saturated carbocycles. The summed E-state index contributed by atoms with van der Waals surface area (Å²) in [6.45, 7) is 2.65. The van der Waals surface area contributed by atoms with E-state index in [9.17, 15) is 4.79 Å². The van der Waals surface area contributed by atoms with Gasteiger partial charge >= 0.3 is 0 Å². The quantitative estimate of drug-likeness (QED) is 0.727. The zero-order valence-corrected chi connectivity index (χ0v) is 12.7. The van der Waals surface area contributed by atoms with Gasteiger partial charge < -0.3 is 4.90 Å². The second kappa shape index (κ2) is 5.83. The van der Waals surface area contributed by atoms with Gasteiger partial charge in [0.1, 0.15) is 5.82 Å². The summed E-state index contributed by atoms with van der Waals surface area (Å²) >= 11 is 0. The number of hydrogen-bond acceptors (Lipinski definition) is 5. The first kappa shape index (κ1) is 13.9. The minimum absolute atomic E-state index is 0.0228. The van der Waals surface area contributed by atoms with E-state index in [4.69, 9.17) is 0 Å². The van der Waals surface area contributed by atoms with Crippen LogP contribution in [0.3, 0.4) is 0 Å². The summed E-state index contributed by atoms with van der Waals surface area (Å²) in [5.41, 5.74) is 0.884. The van der Waals surface area contributed by atoms with Gasteiger partial charge in [-0.1, -0.05) is 0 Å². The van der Waals surface area contributed by atoms with Crippen molar-refractivity contribution in [2.24, 2.45) is 5.92 Å². The molecule has 1 aliphatic rings. The van der Waals surface area contributed by atoms with Gasteiger partial charge in [-0.15, -0.1) is 5.10 Å². The highest BCUT2D eigenvalue weighted by molar-refractivity contribution is 5.45. The van der Waals surface area contributed by atoms with Gasteiger partial charge in [-0.3, -0.25) is 9.36 Å². The summed E-state index contributed by atoms with van der Waals surface area (Å²) in [6.07, 6.45) is 8.88. The molecule has 3 aromatic rings. The lowest BCUT2D eigenvalue weighted by Gasteiger charge is -2.32. The Balaban J connectivity index is 1.42. The Morgan fingerprint density at radius 2 is 2.00 bits per heavy atom. The van der Waals surface area contributed by atoms with Crippen LogP contribution in [0, 0.1) is 5.92 Å². The van der Waals surface area contributed by atoms with E-state index in [1.165, 1.54) is 6.07 Å². The molecule has 0 aromatic carbocycles. The lowest BCUT2D eigenvalue weighted by atomic mass is 9.96. The van der Waals surface area contributed by atoms with Crippen molar-refractivity contribution in [2.45, 2.75) is 19.4 Å². The Labute approximate surface area is 133 Å². The topological polar surface area (TPSA) is 68.3 Å². The number of imidazole rings is 1. The Morgan fingerprint density at radius 3 is 2.83 bits per heavy atom. The molecule has 1 saturated heterocycles. The standard InChI is InChI=1S/C16H18N6O/c23-16-3-6-17-12-21(16)11-13-4-8-20(9-5-13)15-2-1-14-18-7-10-22(14)19-15/h1-3,6-7,10,12-13H,4-5,8-9,11H2. The van der Waals surface area contributed by atoms with E-state index in [2.05, 4.69) is 20.0 Å². The molecule has 0 bridgehead atoms. The summed E-state index contributed by atoms with van der Waals surface area (Å²) in [5.74, 6) is 1.48. The molecule has 7 heteroatoms. The van der Waals surface area contributed by atoms with Crippen LogP contribution in [0.4, 0.5) is 5.82 Å². The number of anilines is 1. The fourth-order valence-corrected chi connectivity index (χ4v) is 3.11. The molecule has 0 amide bonds. The molecule has 4 rings (SSSR count). The number of rotatable bonds is 3. The Kier molecular flexibility index (Phi) is 3.53. The van der Waals surface area contributed by atoms with Gasteiger partial charge in [0.2, 0.25) is 0 Å². The number of fused-ring (bicyclic) bond motifs is 1. The van der Waals surface area contributed by atoms with Crippen LogP contribution in [0.5, 0.6) is 0 Å². The molecule has 0 atom stereocenters. The lowest BCUT2D eigenvalue weighted by Crippen LogP contribution is -2.36. The molecule has 1 aliphatic heterocycles. The van der Waals surface area contributed by atoms with Crippen molar-refractivity contribution in [2.75, 3.05) is 18.0 Å². The van der Waals surface area contributed by atoms with E-state index in [0.717, 1.165) is 43.9 Å². The summed E-state index contributed by atoms with van der Waals surface area (Å²) in [6, 6.07) is 5.53. The van der Waals surface area contributed by atoms with E-state index in [0.29, 0.717) is 5.92 Å². The first-order valence-corrected chi connectivity index (χ1v) is 7.85. The molecule has 7 nitrogen and oxygen atoms in total. The summed E-state index contributed by atoms with van der Waals surface area (Å²) in [5, 5.41) is 4.60. The molecule has 4 heterocycles. The minimum Gasteiger partial charge on any atom is -0.355 e.